The van der Waals surface area contributed by atoms with Gasteiger partial charge in [0.05, 0.1) is 12.5 Å². The van der Waals surface area contributed by atoms with Gasteiger partial charge in [0, 0.05) is 9.50 Å². The maximum Gasteiger partial charge on any atom is 0.118 e. The summed E-state index contributed by atoms with van der Waals surface area (Å²) < 4.78 is 6.09. The fraction of sp³-hybridized carbons (Fsp3) is 0.200. The van der Waals surface area contributed by atoms with Crippen LogP contribution in [0.15, 0.2) is 46.9 Å². The largest absolute Gasteiger partial charge is 0.497 e. The van der Waals surface area contributed by atoms with E-state index in [1.807, 2.05) is 42.5 Å². The lowest BCUT2D eigenvalue weighted by Gasteiger charge is -2.12. The first kappa shape index (κ1) is 14.7. The summed E-state index contributed by atoms with van der Waals surface area (Å²) >= 11 is 16.0. The molecule has 0 saturated carbocycles. The van der Waals surface area contributed by atoms with Crippen LogP contribution in [-0.2, 0) is 6.42 Å². The average molecular weight is 360 g/mol. The summed E-state index contributed by atoms with van der Waals surface area (Å²) in [4.78, 5) is 0. The Hall–Kier alpha value is -0.700. The highest BCUT2D eigenvalue weighted by atomic mass is 79.9. The van der Waals surface area contributed by atoms with Crippen LogP contribution in [0.4, 0.5) is 0 Å². The molecule has 100 valence electrons. The van der Waals surface area contributed by atoms with Crippen molar-refractivity contribution < 1.29 is 4.74 Å². The zero-order valence-electron chi connectivity index (χ0n) is 10.4. The number of hydrogen-bond donors (Lipinski definition) is 0. The average Bonchev–Trinajstić information content (AvgIpc) is 2.39. The van der Waals surface area contributed by atoms with E-state index in [-0.39, 0.29) is 5.38 Å². The van der Waals surface area contributed by atoms with Crippen molar-refractivity contribution in [1.82, 2.24) is 0 Å². The molecule has 2 aromatic carbocycles. The van der Waals surface area contributed by atoms with Gasteiger partial charge in [-0.25, -0.2) is 0 Å². The van der Waals surface area contributed by atoms with Gasteiger partial charge in [0.2, 0.25) is 0 Å². The molecule has 0 fully saturated rings. The van der Waals surface area contributed by atoms with Gasteiger partial charge in [-0.15, -0.1) is 11.6 Å². The molecule has 0 N–H and O–H groups in total. The van der Waals surface area contributed by atoms with Gasteiger partial charge < -0.3 is 4.74 Å². The molecule has 1 unspecified atom stereocenters. The molecule has 1 nitrogen and oxygen atoms in total. The van der Waals surface area contributed by atoms with Crippen LogP contribution in [0.2, 0.25) is 5.02 Å². The van der Waals surface area contributed by atoms with Crippen molar-refractivity contribution in [2.75, 3.05) is 7.11 Å². The molecule has 0 saturated heterocycles. The summed E-state index contributed by atoms with van der Waals surface area (Å²) in [6.45, 7) is 0. The third-order valence-electron chi connectivity index (χ3n) is 2.87. The predicted molar refractivity (Wildman–Crippen MR) is 84.4 cm³/mol. The maximum absolute atomic E-state index is 6.44. The van der Waals surface area contributed by atoms with E-state index in [9.17, 15) is 0 Å². The number of alkyl halides is 1. The van der Waals surface area contributed by atoms with Gasteiger partial charge in [0.15, 0.2) is 0 Å². The second-order valence-corrected chi connectivity index (χ2v) is 6.04. The molecule has 0 heterocycles. The van der Waals surface area contributed by atoms with Crippen LogP contribution in [0.5, 0.6) is 5.75 Å². The molecular weight excluding hydrogens is 347 g/mol. The molecule has 0 aliphatic carbocycles. The van der Waals surface area contributed by atoms with E-state index in [1.165, 1.54) is 0 Å². The maximum atomic E-state index is 6.44. The van der Waals surface area contributed by atoms with Gasteiger partial charge in [-0.2, -0.15) is 0 Å². The number of methoxy groups -OCH3 is 1. The molecule has 0 aromatic heterocycles. The van der Waals surface area contributed by atoms with Crippen molar-refractivity contribution in [3.05, 3.63) is 63.1 Å². The lowest BCUT2D eigenvalue weighted by Crippen LogP contribution is -1.97. The Morgan fingerprint density at radius 1 is 1.16 bits per heavy atom. The van der Waals surface area contributed by atoms with E-state index in [4.69, 9.17) is 27.9 Å². The Bertz CT molecular complexity index is 555. The first-order valence-corrected chi connectivity index (χ1v) is 7.43. The van der Waals surface area contributed by atoms with Crippen LogP contribution in [0, 0.1) is 0 Å². The summed E-state index contributed by atoms with van der Waals surface area (Å²) in [5.74, 6) is 0.844. The molecule has 2 aromatic rings. The molecule has 0 radical (unpaired) electrons. The quantitative estimate of drug-likeness (QED) is 0.642. The van der Waals surface area contributed by atoms with Gasteiger partial charge in [-0.1, -0.05) is 45.7 Å². The first-order chi connectivity index (χ1) is 9.10. The number of benzene rings is 2. The molecule has 0 bridgehead atoms. The van der Waals surface area contributed by atoms with Crippen LogP contribution in [0.3, 0.4) is 0 Å². The summed E-state index contributed by atoms with van der Waals surface area (Å²) in [5, 5.41) is 0.539. The normalized spacial score (nSPS) is 12.2. The Morgan fingerprint density at radius 2 is 1.84 bits per heavy atom. The molecule has 0 amide bonds. The van der Waals surface area contributed by atoms with Gasteiger partial charge in [-0.05, 0) is 41.8 Å². The Kier molecular flexibility index (Phi) is 5.14. The van der Waals surface area contributed by atoms with E-state index in [2.05, 4.69) is 15.9 Å². The van der Waals surface area contributed by atoms with Crippen molar-refractivity contribution in [1.29, 1.82) is 0 Å². The minimum Gasteiger partial charge on any atom is -0.497 e. The second kappa shape index (κ2) is 6.65. The Labute approximate surface area is 131 Å². The molecule has 0 aliphatic rings. The van der Waals surface area contributed by atoms with Crippen molar-refractivity contribution in [3.63, 3.8) is 0 Å². The van der Waals surface area contributed by atoms with Crippen LogP contribution in [0.1, 0.15) is 16.5 Å². The third-order valence-corrected chi connectivity index (χ3v) is 4.08. The number of ether oxygens (including phenoxy) is 1. The minimum atomic E-state index is -0.144. The van der Waals surface area contributed by atoms with E-state index in [0.717, 1.165) is 27.8 Å². The highest BCUT2D eigenvalue weighted by molar-refractivity contribution is 9.10. The molecule has 4 heteroatoms. The lowest BCUT2D eigenvalue weighted by molar-refractivity contribution is 0.414. The molecule has 0 aliphatic heterocycles. The van der Waals surface area contributed by atoms with E-state index in [0.29, 0.717) is 5.02 Å². The molecule has 0 spiro atoms. The molecule has 19 heavy (non-hydrogen) atoms. The summed E-state index contributed by atoms with van der Waals surface area (Å²) in [6, 6.07) is 13.7. The van der Waals surface area contributed by atoms with E-state index in [1.54, 1.807) is 7.11 Å². The minimum absolute atomic E-state index is 0.144. The van der Waals surface area contributed by atoms with Crippen LogP contribution >= 0.6 is 39.1 Å². The lowest BCUT2D eigenvalue weighted by atomic mass is 10.0. The standard InChI is InChI=1S/C15H13BrCl2O/c1-19-12-5-2-10(3-6-12)8-14(17)13-7-4-11(16)9-15(13)18/h2-7,9,14H,8H2,1H3. The van der Waals surface area contributed by atoms with E-state index < -0.39 is 0 Å². The second-order valence-electron chi connectivity index (χ2n) is 4.19. The van der Waals surface area contributed by atoms with Crippen LogP contribution in [-0.4, -0.2) is 7.11 Å². The highest BCUT2D eigenvalue weighted by Crippen LogP contribution is 2.32. The predicted octanol–water partition coefficient (Wildman–Crippen LogP) is 5.63. The van der Waals surface area contributed by atoms with Crippen molar-refractivity contribution >= 4 is 39.1 Å². The molecule has 1 atom stereocenters. The van der Waals surface area contributed by atoms with Crippen LogP contribution in [0.25, 0.3) is 0 Å². The zero-order chi connectivity index (χ0) is 13.8. The number of hydrogen-bond acceptors (Lipinski definition) is 1. The van der Waals surface area contributed by atoms with E-state index >= 15 is 0 Å². The third kappa shape index (κ3) is 3.88. The van der Waals surface area contributed by atoms with Gasteiger partial charge in [0.1, 0.15) is 5.75 Å². The Balaban J connectivity index is 2.13. The molecule has 2 rings (SSSR count). The van der Waals surface area contributed by atoms with Crippen LogP contribution < -0.4 is 4.74 Å². The summed E-state index contributed by atoms with van der Waals surface area (Å²) in [5.41, 5.74) is 2.10. The van der Waals surface area contributed by atoms with Gasteiger partial charge >= 0.3 is 0 Å². The summed E-state index contributed by atoms with van der Waals surface area (Å²) in [6.07, 6.45) is 0.729. The monoisotopic (exact) mass is 358 g/mol. The fourth-order valence-corrected chi connectivity index (χ4v) is 3.06. The van der Waals surface area contributed by atoms with Gasteiger partial charge in [-0.3, -0.25) is 0 Å². The number of halogens is 3. The topological polar surface area (TPSA) is 9.23 Å². The van der Waals surface area contributed by atoms with Crippen molar-refractivity contribution in [2.45, 2.75) is 11.8 Å². The van der Waals surface area contributed by atoms with Crippen molar-refractivity contribution in [2.24, 2.45) is 0 Å². The van der Waals surface area contributed by atoms with Crippen molar-refractivity contribution in [3.8, 4) is 5.75 Å². The fourth-order valence-electron chi connectivity index (χ4n) is 1.83. The highest BCUT2D eigenvalue weighted by Gasteiger charge is 2.13. The molecular formula is C15H13BrCl2O. The summed E-state index contributed by atoms with van der Waals surface area (Å²) in [7, 11) is 1.65. The first-order valence-electron chi connectivity index (χ1n) is 5.82. The van der Waals surface area contributed by atoms with Gasteiger partial charge in [0.25, 0.3) is 0 Å². The number of rotatable bonds is 4. The Morgan fingerprint density at radius 3 is 2.42 bits per heavy atom. The smallest absolute Gasteiger partial charge is 0.118 e. The SMILES string of the molecule is COc1ccc(CC(Cl)c2ccc(Br)cc2Cl)cc1. The zero-order valence-corrected chi connectivity index (χ0v) is 13.5.